The Kier molecular flexibility index (Phi) is 8.96. The third-order valence-corrected chi connectivity index (χ3v) is 4.56. The van der Waals surface area contributed by atoms with Gasteiger partial charge in [0.1, 0.15) is 11.5 Å². The van der Waals surface area contributed by atoms with Gasteiger partial charge in [-0.25, -0.2) is 0 Å². The molecule has 7 heteroatoms. The first-order valence-electron chi connectivity index (χ1n) is 7.95. The third kappa shape index (κ3) is 6.99. The molecule has 0 saturated carbocycles. The normalized spacial score (nSPS) is 11.0. The van der Waals surface area contributed by atoms with Gasteiger partial charge in [-0.05, 0) is 49.2 Å². The van der Waals surface area contributed by atoms with Crippen molar-refractivity contribution in [1.29, 1.82) is 0 Å². The maximum Gasteiger partial charge on any atom is 1.00 e. The molecule has 5 nitrogen and oxygen atoms in total. The third-order valence-electron chi connectivity index (χ3n) is 3.69. The van der Waals surface area contributed by atoms with Crippen molar-refractivity contribution < 1.29 is 52.4 Å². The van der Waals surface area contributed by atoms with Gasteiger partial charge in [-0.3, -0.25) is 4.55 Å². The van der Waals surface area contributed by atoms with Crippen molar-refractivity contribution in [2.75, 3.05) is 0 Å². The molecule has 0 fully saturated rings. The monoisotopic (exact) mass is 372 g/mol. The van der Waals surface area contributed by atoms with Crippen molar-refractivity contribution in [3.8, 4) is 17.2 Å². The van der Waals surface area contributed by atoms with E-state index >= 15 is 0 Å². The molecule has 0 radical (unpaired) electrons. The smallest absolute Gasteiger partial charge is 0.872 e. The number of unbranched alkanes of at least 4 members (excludes halogenated alkanes) is 3. The average Bonchev–Trinajstić information content (AvgIpc) is 2.54. The minimum atomic E-state index is -4.22. The van der Waals surface area contributed by atoms with Crippen molar-refractivity contribution in [3.63, 3.8) is 0 Å². The summed E-state index contributed by atoms with van der Waals surface area (Å²) in [5.41, 5.74) is 0.721. The van der Waals surface area contributed by atoms with Crippen LogP contribution in [0.15, 0.2) is 47.4 Å². The van der Waals surface area contributed by atoms with Gasteiger partial charge in [0.2, 0.25) is 0 Å². The zero-order chi connectivity index (χ0) is 17.6. The maximum absolute atomic E-state index is 11.9. The van der Waals surface area contributed by atoms with Crippen LogP contribution < -0.4 is 39.4 Å². The van der Waals surface area contributed by atoms with Crippen LogP contribution in [0.25, 0.3) is 0 Å². The van der Waals surface area contributed by atoms with Crippen LogP contribution in [0.4, 0.5) is 0 Å². The summed E-state index contributed by atoms with van der Waals surface area (Å²) in [7, 11) is -4.22. The van der Waals surface area contributed by atoms with Gasteiger partial charge >= 0.3 is 29.6 Å². The average molecular weight is 372 g/mol. The van der Waals surface area contributed by atoms with Gasteiger partial charge in [-0.2, -0.15) is 8.42 Å². The fraction of sp³-hybridized carbons (Fsp3) is 0.333. The van der Waals surface area contributed by atoms with Crippen molar-refractivity contribution in [1.82, 2.24) is 0 Å². The standard InChI is InChI=1S/C18H22O5S.Na/c1-2-3-4-5-6-14-13-16(9-12-18(14)19)23-15-7-10-17(11-8-15)24(20,21)22;/h7-13,19H,2-6H2,1H3,(H,20,21,22);/q;+1/p-1. The molecule has 0 saturated heterocycles. The Morgan fingerprint density at radius 2 is 1.64 bits per heavy atom. The molecule has 1 N–H and O–H groups in total. The number of hydrogen-bond donors (Lipinski definition) is 1. The van der Waals surface area contributed by atoms with Gasteiger partial charge in [0, 0.05) is 0 Å². The summed E-state index contributed by atoms with van der Waals surface area (Å²) < 4.78 is 36.6. The second kappa shape index (κ2) is 10.2. The van der Waals surface area contributed by atoms with Crippen molar-refractivity contribution in [2.24, 2.45) is 0 Å². The topological polar surface area (TPSA) is 86.7 Å². The van der Waals surface area contributed by atoms with Crippen LogP contribution in [0.5, 0.6) is 17.2 Å². The number of ether oxygens (including phenoxy) is 1. The van der Waals surface area contributed by atoms with Gasteiger partial charge in [0.15, 0.2) is 0 Å². The van der Waals surface area contributed by atoms with E-state index in [4.69, 9.17) is 9.29 Å². The van der Waals surface area contributed by atoms with Crippen molar-refractivity contribution in [2.45, 2.75) is 43.9 Å². The first-order valence-corrected chi connectivity index (χ1v) is 9.39. The van der Waals surface area contributed by atoms with E-state index in [1.54, 1.807) is 12.1 Å². The van der Waals surface area contributed by atoms with Crippen molar-refractivity contribution in [3.05, 3.63) is 48.0 Å². The van der Waals surface area contributed by atoms with Crippen LogP contribution in [0.2, 0.25) is 0 Å². The molecular formula is C18H21NaO5S. The van der Waals surface area contributed by atoms with Crippen LogP contribution >= 0.6 is 0 Å². The quantitative estimate of drug-likeness (QED) is 0.423. The first-order chi connectivity index (χ1) is 11.4. The summed E-state index contributed by atoms with van der Waals surface area (Å²) in [5.74, 6) is 0.957. The SMILES string of the molecule is CCCCCCc1cc(Oc2ccc(S(=O)(=O)O)cc2)ccc1[O-].[Na+]. The minimum absolute atomic E-state index is 0. The number of aryl methyl sites for hydroxylation is 1. The van der Waals surface area contributed by atoms with Gasteiger partial charge < -0.3 is 9.84 Å². The molecule has 2 rings (SSSR count). The number of hydrogen-bond acceptors (Lipinski definition) is 4. The maximum atomic E-state index is 11.9. The number of benzene rings is 2. The minimum Gasteiger partial charge on any atom is -0.872 e. The van der Waals surface area contributed by atoms with Gasteiger partial charge in [-0.15, -0.1) is 5.75 Å². The van der Waals surface area contributed by atoms with E-state index in [9.17, 15) is 13.5 Å². The van der Waals surface area contributed by atoms with E-state index in [-0.39, 0.29) is 40.2 Å². The molecule has 0 amide bonds. The second-order valence-electron chi connectivity index (χ2n) is 5.63. The summed E-state index contributed by atoms with van der Waals surface area (Å²) in [6.07, 6.45) is 5.09. The van der Waals surface area contributed by atoms with Gasteiger partial charge in [0.25, 0.3) is 10.1 Å². The zero-order valence-corrected chi connectivity index (χ0v) is 17.4. The molecule has 0 aliphatic heterocycles. The van der Waals surface area contributed by atoms with E-state index in [1.165, 1.54) is 30.3 Å². The Bertz CT molecular complexity index is 773. The second-order valence-corrected chi connectivity index (χ2v) is 7.05. The molecular weight excluding hydrogens is 351 g/mol. The summed E-state index contributed by atoms with van der Waals surface area (Å²) in [6, 6.07) is 10.2. The molecule has 0 aliphatic rings. The summed E-state index contributed by atoms with van der Waals surface area (Å²) >= 11 is 0. The Labute approximate surface area is 171 Å². The van der Waals surface area contributed by atoms with Crippen LogP contribution in [-0.4, -0.2) is 13.0 Å². The Balaban J connectivity index is 0.00000312. The van der Waals surface area contributed by atoms with E-state index in [2.05, 4.69) is 6.92 Å². The summed E-state index contributed by atoms with van der Waals surface area (Å²) in [6.45, 7) is 2.14. The van der Waals surface area contributed by atoms with Crippen LogP contribution in [0.1, 0.15) is 38.2 Å². The Morgan fingerprint density at radius 1 is 1.00 bits per heavy atom. The molecule has 0 heterocycles. The predicted molar refractivity (Wildman–Crippen MR) is 90.1 cm³/mol. The van der Waals surface area contributed by atoms with Crippen molar-refractivity contribution >= 4 is 10.1 Å². The molecule has 0 atom stereocenters. The van der Waals surface area contributed by atoms with E-state index < -0.39 is 10.1 Å². The Morgan fingerprint density at radius 3 is 2.24 bits per heavy atom. The Hall–Kier alpha value is -1.05. The summed E-state index contributed by atoms with van der Waals surface area (Å²) in [5, 5.41) is 11.9. The van der Waals surface area contributed by atoms with E-state index in [0.29, 0.717) is 11.5 Å². The summed E-state index contributed by atoms with van der Waals surface area (Å²) in [4.78, 5) is -0.193. The van der Waals surface area contributed by atoms with E-state index in [1.807, 2.05) is 0 Å². The fourth-order valence-corrected chi connectivity index (χ4v) is 2.85. The van der Waals surface area contributed by atoms with Gasteiger partial charge in [-0.1, -0.05) is 37.8 Å². The van der Waals surface area contributed by atoms with E-state index in [0.717, 1.165) is 37.7 Å². The van der Waals surface area contributed by atoms with Crippen LogP contribution in [0.3, 0.4) is 0 Å². The molecule has 2 aromatic carbocycles. The molecule has 130 valence electrons. The molecule has 0 aromatic heterocycles. The fourth-order valence-electron chi connectivity index (χ4n) is 2.37. The largest absolute Gasteiger partial charge is 1.00 e. The predicted octanol–water partition coefficient (Wildman–Crippen LogP) is 0.926. The molecule has 2 aromatic rings. The molecule has 0 aliphatic carbocycles. The molecule has 0 spiro atoms. The molecule has 0 unspecified atom stereocenters. The first kappa shape index (κ1) is 22.0. The zero-order valence-electron chi connectivity index (χ0n) is 14.6. The molecule has 25 heavy (non-hydrogen) atoms. The number of rotatable bonds is 8. The van der Waals surface area contributed by atoms with Crippen LogP contribution in [0, 0.1) is 0 Å². The van der Waals surface area contributed by atoms with Gasteiger partial charge in [0.05, 0.1) is 4.90 Å². The van der Waals surface area contributed by atoms with Crippen LogP contribution in [-0.2, 0) is 16.5 Å². The molecule has 0 bridgehead atoms.